The molecule has 2 rings (SSSR count). The van der Waals surface area contributed by atoms with Crippen molar-refractivity contribution >= 4 is 11.8 Å². The first-order valence-electron chi connectivity index (χ1n) is 7.28. The Morgan fingerprint density at radius 1 is 1.26 bits per heavy atom. The number of ether oxygens (including phenoxy) is 1. The van der Waals surface area contributed by atoms with E-state index in [0.717, 1.165) is 29.6 Å². The molecule has 1 aliphatic rings. The molecule has 106 valence electrons. The minimum Gasteiger partial charge on any atom is -0.497 e. The van der Waals surface area contributed by atoms with Crippen molar-refractivity contribution in [1.29, 1.82) is 0 Å². The van der Waals surface area contributed by atoms with Gasteiger partial charge in [0.05, 0.1) is 7.11 Å². The third-order valence-corrected chi connectivity index (χ3v) is 5.37. The number of thioether (sulfide) groups is 1. The van der Waals surface area contributed by atoms with E-state index in [1.54, 1.807) is 7.11 Å². The fourth-order valence-electron chi connectivity index (χ4n) is 2.54. The first-order valence-corrected chi connectivity index (χ1v) is 8.33. The molecule has 0 heterocycles. The molecule has 0 radical (unpaired) electrons. The summed E-state index contributed by atoms with van der Waals surface area (Å²) in [5.41, 5.74) is 7.56. The Hall–Kier alpha value is -0.670. The van der Waals surface area contributed by atoms with Crippen molar-refractivity contribution in [3.05, 3.63) is 29.8 Å². The quantitative estimate of drug-likeness (QED) is 0.828. The summed E-state index contributed by atoms with van der Waals surface area (Å²) in [6.45, 7) is 0. The lowest BCUT2D eigenvalue weighted by atomic mass is 10.1. The molecule has 0 aromatic heterocycles. The van der Waals surface area contributed by atoms with Gasteiger partial charge in [-0.25, -0.2) is 0 Å². The van der Waals surface area contributed by atoms with Crippen LogP contribution in [0.5, 0.6) is 5.75 Å². The summed E-state index contributed by atoms with van der Waals surface area (Å²) in [6, 6.07) is 8.64. The highest BCUT2D eigenvalue weighted by Crippen LogP contribution is 2.29. The molecule has 0 amide bonds. The van der Waals surface area contributed by atoms with Gasteiger partial charge in [0.1, 0.15) is 5.75 Å². The lowest BCUT2D eigenvalue weighted by molar-refractivity contribution is 0.414. The van der Waals surface area contributed by atoms with Crippen LogP contribution < -0.4 is 10.5 Å². The van der Waals surface area contributed by atoms with Crippen molar-refractivity contribution in [2.45, 2.75) is 49.8 Å². The zero-order valence-corrected chi connectivity index (χ0v) is 12.6. The zero-order chi connectivity index (χ0) is 13.5. The molecule has 1 aromatic carbocycles. The number of methoxy groups -OCH3 is 1. The Balaban J connectivity index is 1.65. The maximum absolute atomic E-state index is 6.21. The predicted molar refractivity (Wildman–Crippen MR) is 84.0 cm³/mol. The van der Waals surface area contributed by atoms with Crippen molar-refractivity contribution < 1.29 is 4.74 Å². The minimum atomic E-state index is 0.327. The first-order chi connectivity index (χ1) is 9.28. The Bertz CT molecular complexity index is 360. The lowest BCUT2D eigenvalue weighted by Crippen LogP contribution is -2.24. The summed E-state index contributed by atoms with van der Waals surface area (Å²) in [5, 5.41) is 0.882. The van der Waals surface area contributed by atoms with Gasteiger partial charge < -0.3 is 10.5 Å². The molecular weight excluding hydrogens is 254 g/mol. The first kappa shape index (κ1) is 14.7. The summed E-state index contributed by atoms with van der Waals surface area (Å²) >= 11 is 2.09. The average Bonchev–Trinajstić information content (AvgIpc) is 2.96. The molecule has 0 bridgehead atoms. The third kappa shape index (κ3) is 5.07. The number of hydrogen-bond donors (Lipinski definition) is 1. The topological polar surface area (TPSA) is 35.2 Å². The van der Waals surface area contributed by atoms with Crippen molar-refractivity contribution in [2.75, 3.05) is 12.9 Å². The average molecular weight is 279 g/mol. The largest absolute Gasteiger partial charge is 0.497 e. The second-order valence-corrected chi connectivity index (χ2v) is 6.72. The van der Waals surface area contributed by atoms with Crippen LogP contribution in [0.4, 0.5) is 0 Å². The van der Waals surface area contributed by atoms with Crippen LogP contribution in [0.1, 0.15) is 37.7 Å². The molecule has 1 unspecified atom stereocenters. The van der Waals surface area contributed by atoms with Crippen molar-refractivity contribution in [3.63, 3.8) is 0 Å². The molecule has 2 nitrogen and oxygen atoms in total. The van der Waals surface area contributed by atoms with Crippen LogP contribution >= 0.6 is 11.8 Å². The molecule has 1 fully saturated rings. The Kier molecular flexibility index (Phi) is 6.05. The summed E-state index contributed by atoms with van der Waals surface area (Å²) in [5.74, 6) is 2.03. The normalized spacial score (nSPS) is 17.6. The smallest absolute Gasteiger partial charge is 0.118 e. The fraction of sp³-hybridized carbons (Fsp3) is 0.625. The van der Waals surface area contributed by atoms with Gasteiger partial charge in [-0.1, -0.05) is 25.0 Å². The Morgan fingerprint density at radius 3 is 2.58 bits per heavy atom. The molecule has 1 aliphatic carbocycles. The van der Waals surface area contributed by atoms with E-state index >= 15 is 0 Å². The summed E-state index contributed by atoms with van der Waals surface area (Å²) in [4.78, 5) is 0. The summed E-state index contributed by atoms with van der Waals surface area (Å²) in [6.07, 6.45) is 7.77. The number of rotatable bonds is 7. The molecule has 1 aromatic rings. The summed E-state index contributed by atoms with van der Waals surface area (Å²) in [7, 11) is 1.70. The van der Waals surface area contributed by atoms with Crippen LogP contribution in [0, 0.1) is 0 Å². The van der Waals surface area contributed by atoms with Crippen LogP contribution in [0.15, 0.2) is 24.3 Å². The standard InChI is InChI=1S/C16H25NOS/c1-18-15-10-7-13(8-11-15)6-9-14(17)12-19-16-4-2-3-5-16/h7-8,10-11,14,16H,2-6,9,12,17H2,1H3. The third-order valence-electron chi connectivity index (χ3n) is 3.81. The van der Waals surface area contributed by atoms with Gasteiger partial charge in [-0.15, -0.1) is 0 Å². The van der Waals surface area contributed by atoms with E-state index in [0.29, 0.717) is 6.04 Å². The van der Waals surface area contributed by atoms with Crippen LogP contribution in [-0.2, 0) is 6.42 Å². The van der Waals surface area contributed by atoms with Crippen molar-refractivity contribution in [2.24, 2.45) is 5.73 Å². The highest BCUT2D eigenvalue weighted by atomic mass is 32.2. The SMILES string of the molecule is COc1ccc(CCC(N)CSC2CCCC2)cc1. The van der Waals surface area contributed by atoms with Crippen LogP contribution in [0.25, 0.3) is 0 Å². The summed E-state index contributed by atoms with van der Waals surface area (Å²) < 4.78 is 5.16. The Morgan fingerprint density at radius 2 is 1.95 bits per heavy atom. The minimum absolute atomic E-state index is 0.327. The van der Waals surface area contributed by atoms with E-state index < -0.39 is 0 Å². The van der Waals surface area contributed by atoms with Gasteiger partial charge in [0.15, 0.2) is 0 Å². The van der Waals surface area contributed by atoms with E-state index in [-0.39, 0.29) is 0 Å². The second kappa shape index (κ2) is 7.81. The number of benzene rings is 1. The Labute approximate surface area is 121 Å². The number of hydrogen-bond acceptors (Lipinski definition) is 3. The van der Waals surface area contributed by atoms with E-state index in [2.05, 4.69) is 23.9 Å². The lowest BCUT2D eigenvalue weighted by Gasteiger charge is -2.14. The van der Waals surface area contributed by atoms with E-state index in [9.17, 15) is 0 Å². The highest BCUT2D eigenvalue weighted by Gasteiger charge is 2.16. The molecule has 3 heteroatoms. The molecule has 19 heavy (non-hydrogen) atoms. The molecule has 0 spiro atoms. The van der Waals surface area contributed by atoms with Gasteiger partial charge in [0, 0.05) is 17.0 Å². The van der Waals surface area contributed by atoms with Gasteiger partial charge in [-0.2, -0.15) is 11.8 Å². The van der Waals surface area contributed by atoms with Crippen LogP contribution in [0.3, 0.4) is 0 Å². The van der Waals surface area contributed by atoms with E-state index in [4.69, 9.17) is 10.5 Å². The van der Waals surface area contributed by atoms with Gasteiger partial charge in [-0.05, 0) is 43.4 Å². The van der Waals surface area contributed by atoms with Crippen LogP contribution in [-0.4, -0.2) is 24.2 Å². The molecule has 0 saturated heterocycles. The van der Waals surface area contributed by atoms with E-state index in [1.165, 1.54) is 31.2 Å². The van der Waals surface area contributed by atoms with E-state index in [1.807, 2.05) is 12.1 Å². The molecule has 2 N–H and O–H groups in total. The highest BCUT2D eigenvalue weighted by molar-refractivity contribution is 7.99. The fourth-order valence-corrected chi connectivity index (χ4v) is 3.89. The van der Waals surface area contributed by atoms with Gasteiger partial charge >= 0.3 is 0 Å². The maximum Gasteiger partial charge on any atom is 0.118 e. The maximum atomic E-state index is 6.21. The van der Waals surface area contributed by atoms with Crippen LogP contribution in [0.2, 0.25) is 0 Å². The molecule has 1 saturated carbocycles. The van der Waals surface area contributed by atoms with Crippen molar-refractivity contribution in [1.82, 2.24) is 0 Å². The predicted octanol–water partition coefficient (Wildman–Crippen LogP) is 3.63. The van der Waals surface area contributed by atoms with Gasteiger partial charge in [0.2, 0.25) is 0 Å². The molecular formula is C16H25NOS. The second-order valence-electron chi connectivity index (χ2n) is 5.39. The molecule has 0 aliphatic heterocycles. The number of nitrogens with two attached hydrogens (primary N) is 1. The zero-order valence-electron chi connectivity index (χ0n) is 11.8. The monoisotopic (exact) mass is 279 g/mol. The van der Waals surface area contributed by atoms with Gasteiger partial charge in [-0.3, -0.25) is 0 Å². The van der Waals surface area contributed by atoms with Crippen molar-refractivity contribution in [3.8, 4) is 5.75 Å². The van der Waals surface area contributed by atoms with Gasteiger partial charge in [0.25, 0.3) is 0 Å². The molecule has 1 atom stereocenters. The number of aryl methyl sites for hydroxylation is 1.